The second-order valence-corrected chi connectivity index (χ2v) is 16.6. The van der Waals surface area contributed by atoms with Crippen molar-refractivity contribution in [3.8, 4) is 34.5 Å². The third-order valence-corrected chi connectivity index (χ3v) is 14.2. The van der Waals surface area contributed by atoms with Gasteiger partial charge in [-0.15, -0.1) is 11.8 Å². The zero-order chi connectivity index (χ0) is 38.2. The molecule has 0 aliphatic carbocycles. The average molecular weight is 771 g/mol. The van der Waals surface area contributed by atoms with Gasteiger partial charge in [-0.3, -0.25) is 19.9 Å². The molecule has 8 heterocycles. The Morgan fingerprint density at radius 3 is 2.65 bits per heavy atom. The van der Waals surface area contributed by atoms with Crippen LogP contribution in [0, 0.1) is 13.8 Å². The fraction of sp³-hybridized carbons (Fsp3) is 0.450. The molecule has 288 valence electrons. The van der Waals surface area contributed by atoms with Gasteiger partial charge in [0.25, 0.3) is 0 Å². The minimum absolute atomic E-state index is 0.0484. The van der Waals surface area contributed by atoms with Crippen LogP contribution in [0.15, 0.2) is 24.3 Å². The van der Waals surface area contributed by atoms with Crippen LogP contribution in [0.3, 0.4) is 0 Å². The monoisotopic (exact) mass is 770 g/mol. The van der Waals surface area contributed by atoms with E-state index in [0.29, 0.717) is 70.3 Å². The van der Waals surface area contributed by atoms with Crippen LogP contribution in [-0.2, 0) is 32.7 Å². The molecule has 4 bridgehead atoms. The van der Waals surface area contributed by atoms with E-state index in [1.807, 2.05) is 31.9 Å². The maximum absolute atomic E-state index is 14.8. The second-order valence-electron chi connectivity index (χ2n) is 15.5. The molecule has 3 aromatic carbocycles. The summed E-state index contributed by atoms with van der Waals surface area (Å²) in [7, 11) is 3.51. The number of thioether (sulfide) groups is 1. The number of hydrogen-bond acceptors (Lipinski definition) is 14. The Morgan fingerprint density at radius 1 is 1.07 bits per heavy atom. The summed E-state index contributed by atoms with van der Waals surface area (Å²) >= 11 is 1.50. The molecule has 0 saturated carbocycles. The molecule has 1 spiro atoms. The van der Waals surface area contributed by atoms with E-state index < -0.39 is 47.1 Å². The zero-order valence-electron chi connectivity index (χ0n) is 31.0. The maximum Gasteiger partial charge on any atom is 0.333 e. The molecule has 5 N–H and O–H groups in total. The molecule has 7 aliphatic rings. The predicted octanol–water partition coefficient (Wildman–Crippen LogP) is 3.89. The lowest BCUT2D eigenvalue weighted by Gasteiger charge is -2.62. The van der Waals surface area contributed by atoms with Gasteiger partial charge in [-0.1, -0.05) is 6.07 Å². The summed E-state index contributed by atoms with van der Waals surface area (Å²) in [5.41, 5.74) is 5.43. The smallest absolute Gasteiger partial charge is 0.333 e. The lowest BCUT2D eigenvalue weighted by atomic mass is 9.73. The Bertz CT molecular complexity index is 2350. The number of carbonyl (C=O) groups excluding carboxylic acids is 2. The number of piperazine rings is 1. The SMILES string of the molecule is COc1c(C)cc2c(c1O)[C@@H]1C3[C@@H]4SC[C@]5(NCCc6c5[nH]c5ccc(O)cc65)C(=O)OC[C@@H](c5c6c(c(C)c(OC(C)=O)c54)OCO6)N3[C@@H](O)[C@H](C2)N1C. The number of aromatic nitrogens is 1. The Morgan fingerprint density at radius 2 is 1.87 bits per heavy atom. The quantitative estimate of drug-likeness (QED) is 0.147. The Kier molecular flexibility index (Phi) is 7.69. The van der Waals surface area contributed by atoms with Gasteiger partial charge >= 0.3 is 11.9 Å². The van der Waals surface area contributed by atoms with E-state index in [9.17, 15) is 24.9 Å². The van der Waals surface area contributed by atoms with Crippen molar-refractivity contribution in [3.63, 3.8) is 0 Å². The first-order valence-corrected chi connectivity index (χ1v) is 19.6. The molecule has 4 aromatic rings. The Hall–Kier alpha value is -4.67. The number of aromatic hydroxyl groups is 2. The van der Waals surface area contributed by atoms with Crippen LogP contribution in [0.25, 0.3) is 10.9 Å². The van der Waals surface area contributed by atoms with Crippen LogP contribution in [0.1, 0.15) is 68.9 Å². The first-order chi connectivity index (χ1) is 26.4. The molecule has 55 heavy (non-hydrogen) atoms. The Labute approximate surface area is 320 Å². The van der Waals surface area contributed by atoms with E-state index in [1.165, 1.54) is 18.7 Å². The van der Waals surface area contributed by atoms with Crippen LogP contribution >= 0.6 is 11.8 Å². The van der Waals surface area contributed by atoms with Gasteiger partial charge in [-0.2, -0.15) is 0 Å². The van der Waals surface area contributed by atoms with Crippen LogP contribution in [0.5, 0.6) is 34.5 Å². The van der Waals surface area contributed by atoms with Gasteiger partial charge < -0.3 is 44.0 Å². The van der Waals surface area contributed by atoms with E-state index in [2.05, 4.69) is 15.2 Å². The molecular weight excluding hydrogens is 729 g/mol. The number of carbonyl (C=O) groups is 2. The van der Waals surface area contributed by atoms with Crippen LogP contribution in [0.2, 0.25) is 0 Å². The van der Waals surface area contributed by atoms with Crippen LogP contribution in [-0.4, -0.2) is 100 Å². The van der Waals surface area contributed by atoms with Crippen molar-refractivity contribution in [3.05, 3.63) is 68.9 Å². The zero-order valence-corrected chi connectivity index (χ0v) is 31.8. The van der Waals surface area contributed by atoms with Crippen molar-refractivity contribution in [1.82, 2.24) is 20.1 Å². The molecule has 2 saturated heterocycles. The van der Waals surface area contributed by atoms with Crippen molar-refractivity contribution in [2.45, 2.75) is 74.8 Å². The number of methoxy groups -OCH3 is 1. The number of rotatable bonds is 2. The van der Waals surface area contributed by atoms with E-state index >= 15 is 0 Å². The highest BCUT2D eigenvalue weighted by Gasteiger charge is 2.61. The van der Waals surface area contributed by atoms with E-state index in [1.54, 1.807) is 25.3 Å². The predicted molar refractivity (Wildman–Crippen MR) is 200 cm³/mol. The van der Waals surface area contributed by atoms with Gasteiger partial charge in [0, 0.05) is 58.4 Å². The maximum atomic E-state index is 14.8. The molecule has 1 unspecified atom stereocenters. The van der Waals surface area contributed by atoms with Gasteiger partial charge in [0.15, 0.2) is 28.5 Å². The molecule has 0 amide bonds. The molecule has 15 heteroatoms. The molecule has 7 aliphatic heterocycles. The highest BCUT2D eigenvalue weighted by Crippen LogP contribution is 2.64. The summed E-state index contributed by atoms with van der Waals surface area (Å²) in [6.45, 7) is 5.35. The number of phenolic OH excluding ortho intramolecular Hbond substituents is 2. The van der Waals surface area contributed by atoms with Crippen LogP contribution in [0.4, 0.5) is 0 Å². The van der Waals surface area contributed by atoms with Crippen molar-refractivity contribution in [2.75, 3.05) is 39.9 Å². The lowest BCUT2D eigenvalue weighted by molar-refractivity contribution is -0.186. The molecule has 7 atom stereocenters. The summed E-state index contributed by atoms with van der Waals surface area (Å²) in [4.78, 5) is 35.4. The number of aliphatic hydroxyl groups is 1. The normalized spacial score (nSPS) is 29.3. The minimum Gasteiger partial charge on any atom is -0.508 e. The molecule has 11 rings (SSSR count). The average Bonchev–Trinajstić information content (AvgIpc) is 3.79. The number of aliphatic hydroxyl groups excluding tert-OH is 1. The summed E-state index contributed by atoms with van der Waals surface area (Å²) in [5.74, 6) is 1.00. The van der Waals surface area contributed by atoms with E-state index in [-0.39, 0.29) is 36.7 Å². The van der Waals surface area contributed by atoms with Gasteiger partial charge in [0.2, 0.25) is 6.79 Å². The molecule has 0 radical (unpaired) electrons. The highest BCUT2D eigenvalue weighted by atomic mass is 32.2. The summed E-state index contributed by atoms with van der Waals surface area (Å²) < 4.78 is 30.5. The summed E-state index contributed by atoms with van der Waals surface area (Å²) in [5, 5.41) is 38.8. The van der Waals surface area contributed by atoms with Gasteiger partial charge in [-0.25, -0.2) is 4.79 Å². The highest BCUT2D eigenvalue weighted by molar-refractivity contribution is 7.99. The molecule has 14 nitrogen and oxygen atoms in total. The topological polar surface area (TPSA) is 175 Å². The standard InChI is InChI=1S/C40H42N4O10S/c1-16-10-19-11-24-38(48)44-25-13-51-39(49)40(37-21(8-9-41-40)22-12-20(46)6-7-23(22)42-37)14-55-36(30(44)29(43(24)4)26(19)31(47)32(16)50-5)28-27(25)35-34(52-15-53-35)17(2)33(28)54-18(3)45/h6-7,10,12,24-25,29-30,36,38,41-42,46-48H,8-9,11,13-15H2,1-5H3/t24-,25-,29+,30?,36+,38-,40+/m0/s1. The number of aryl methyl sites for hydroxylation is 1. The number of nitrogens with zero attached hydrogens (tertiary/aromatic N) is 2. The molecular formula is C40H42N4O10S. The largest absolute Gasteiger partial charge is 0.508 e. The summed E-state index contributed by atoms with van der Waals surface area (Å²) in [6, 6.07) is 4.99. The van der Waals surface area contributed by atoms with Crippen LogP contribution < -0.4 is 24.3 Å². The number of phenols is 2. The number of likely N-dealkylation sites (N-methyl/N-ethyl adjacent to an activating group) is 1. The van der Waals surface area contributed by atoms with E-state index in [4.69, 9.17) is 23.7 Å². The fourth-order valence-corrected chi connectivity index (χ4v) is 12.1. The van der Waals surface area contributed by atoms with Crippen molar-refractivity contribution < 1.29 is 48.6 Å². The van der Waals surface area contributed by atoms with Crippen molar-refractivity contribution in [2.24, 2.45) is 0 Å². The number of benzene rings is 3. The fourth-order valence-electron chi connectivity index (χ4n) is 10.4. The second kappa shape index (κ2) is 12.2. The third kappa shape index (κ3) is 4.64. The number of ether oxygens (including phenoxy) is 5. The minimum atomic E-state index is -1.32. The number of nitrogens with one attached hydrogen (secondary N) is 2. The number of H-pyrrole nitrogens is 1. The first-order valence-electron chi connectivity index (χ1n) is 18.5. The number of esters is 2. The molecule has 2 fully saturated rings. The van der Waals surface area contributed by atoms with Crippen molar-refractivity contribution in [1.29, 1.82) is 0 Å². The number of aromatic amines is 1. The third-order valence-electron chi connectivity index (χ3n) is 12.7. The number of fused-ring (bicyclic) bond motifs is 11. The molecule has 1 aromatic heterocycles. The first kappa shape index (κ1) is 34.8. The van der Waals surface area contributed by atoms with E-state index in [0.717, 1.165) is 27.6 Å². The number of hydrogen-bond donors (Lipinski definition) is 5. The Balaban J connectivity index is 1.24. The lowest BCUT2D eigenvalue weighted by Crippen LogP contribution is -2.70. The summed E-state index contributed by atoms with van der Waals surface area (Å²) in [6.07, 6.45) is 0.0497. The van der Waals surface area contributed by atoms with Gasteiger partial charge in [0.1, 0.15) is 24.3 Å². The van der Waals surface area contributed by atoms with Gasteiger partial charge in [0.05, 0.1) is 36.2 Å². The van der Waals surface area contributed by atoms with Crippen molar-refractivity contribution >= 4 is 34.6 Å². The van der Waals surface area contributed by atoms with Gasteiger partial charge in [-0.05, 0) is 68.6 Å².